The number of urea groups is 1. The average molecular weight is 339 g/mol. The summed E-state index contributed by atoms with van der Waals surface area (Å²) < 4.78 is 1.83. The number of aliphatic hydroxyl groups excluding tert-OH is 1. The molecule has 0 saturated carbocycles. The van der Waals surface area contributed by atoms with Crippen molar-refractivity contribution >= 4 is 11.7 Å². The molecule has 3 rings (SSSR count). The van der Waals surface area contributed by atoms with Gasteiger partial charge in [0.25, 0.3) is 0 Å². The van der Waals surface area contributed by atoms with Crippen LogP contribution in [0.15, 0.2) is 48.7 Å². The maximum Gasteiger partial charge on any atom is 0.315 e. The third-order valence-electron chi connectivity index (χ3n) is 4.08. The van der Waals surface area contributed by atoms with E-state index in [1.807, 2.05) is 66.9 Å². The topological polar surface area (TPSA) is 91.5 Å². The van der Waals surface area contributed by atoms with E-state index in [2.05, 4.69) is 20.8 Å². The lowest BCUT2D eigenvalue weighted by atomic mass is 10.0. The van der Waals surface area contributed by atoms with Gasteiger partial charge in [-0.05, 0) is 37.1 Å². The van der Waals surface area contributed by atoms with Crippen molar-refractivity contribution < 1.29 is 9.90 Å². The Labute approximate surface area is 145 Å². The number of aromatic nitrogens is 3. The lowest BCUT2D eigenvalue weighted by Crippen LogP contribution is -2.39. The minimum Gasteiger partial charge on any atom is -0.387 e. The SMILES string of the molecule is Cc1ccccc1C(O)CNC(=O)NC(C)c1nnc2ccccn12. The molecule has 0 saturated heterocycles. The number of pyridine rings is 1. The van der Waals surface area contributed by atoms with Gasteiger partial charge < -0.3 is 15.7 Å². The van der Waals surface area contributed by atoms with Crippen LogP contribution in [0.3, 0.4) is 0 Å². The third kappa shape index (κ3) is 3.77. The van der Waals surface area contributed by atoms with Crippen molar-refractivity contribution in [3.05, 3.63) is 65.6 Å². The molecule has 2 atom stereocenters. The molecule has 2 aromatic heterocycles. The summed E-state index contributed by atoms with van der Waals surface area (Å²) in [4.78, 5) is 12.1. The number of benzene rings is 1. The molecule has 0 aliphatic carbocycles. The maximum absolute atomic E-state index is 12.1. The van der Waals surface area contributed by atoms with Crippen LogP contribution in [0.2, 0.25) is 0 Å². The molecule has 25 heavy (non-hydrogen) atoms. The summed E-state index contributed by atoms with van der Waals surface area (Å²) in [5.74, 6) is 0.644. The molecule has 0 spiro atoms. The molecule has 3 N–H and O–H groups in total. The van der Waals surface area contributed by atoms with E-state index >= 15 is 0 Å². The Hall–Kier alpha value is -2.93. The van der Waals surface area contributed by atoms with Crippen LogP contribution >= 0.6 is 0 Å². The summed E-state index contributed by atoms with van der Waals surface area (Å²) in [6.07, 6.45) is 1.10. The van der Waals surface area contributed by atoms with Gasteiger partial charge in [-0.3, -0.25) is 4.40 Å². The highest BCUT2D eigenvalue weighted by molar-refractivity contribution is 5.74. The van der Waals surface area contributed by atoms with Gasteiger partial charge in [-0.1, -0.05) is 30.3 Å². The molecule has 0 bridgehead atoms. The summed E-state index contributed by atoms with van der Waals surface area (Å²) in [6, 6.07) is 12.5. The molecule has 1 aromatic carbocycles. The number of fused-ring (bicyclic) bond motifs is 1. The van der Waals surface area contributed by atoms with E-state index in [1.165, 1.54) is 0 Å². The van der Waals surface area contributed by atoms with Gasteiger partial charge in [0.15, 0.2) is 11.5 Å². The van der Waals surface area contributed by atoms with Crippen molar-refractivity contribution in [2.24, 2.45) is 0 Å². The maximum atomic E-state index is 12.1. The Bertz CT molecular complexity index is 877. The lowest BCUT2D eigenvalue weighted by molar-refractivity contribution is 0.172. The molecule has 2 unspecified atom stereocenters. The standard InChI is InChI=1S/C18H21N5O2/c1-12-7-3-4-8-14(12)15(24)11-19-18(25)20-13(2)17-22-21-16-9-5-6-10-23(16)17/h3-10,13,15,24H,11H2,1-2H3,(H2,19,20,25). The van der Waals surface area contributed by atoms with Gasteiger partial charge in [-0.25, -0.2) is 4.79 Å². The number of amides is 2. The number of carbonyl (C=O) groups is 1. The van der Waals surface area contributed by atoms with Gasteiger partial charge in [0.05, 0.1) is 12.1 Å². The number of hydrogen-bond donors (Lipinski definition) is 3. The first-order chi connectivity index (χ1) is 12.1. The summed E-state index contributed by atoms with van der Waals surface area (Å²) >= 11 is 0. The Kier molecular flexibility index (Phi) is 4.95. The number of aryl methyl sites for hydroxylation is 1. The average Bonchev–Trinajstić information content (AvgIpc) is 3.04. The fourth-order valence-corrected chi connectivity index (χ4v) is 2.73. The first-order valence-corrected chi connectivity index (χ1v) is 8.14. The highest BCUT2D eigenvalue weighted by Crippen LogP contribution is 2.16. The normalized spacial score (nSPS) is 13.4. The number of rotatable bonds is 5. The van der Waals surface area contributed by atoms with Crippen molar-refractivity contribution in [3.8, 4) is 0 Å². The van der Waals surface area contributed by atoms with E-state index in [4.69, 9.17) is 0 Å². The summed E-state index contributed by atoms with van der Waals surface area (Å²) in [7, 11) is 0. The van der Waals surface area contributed by atoms with Gasteiger partial charge in [-0.2, -0.15) is 0 Å². The number of hydrogen-bond acceptors (Lipinski definition) is 4. The lowest BCUT2D eigenvalue weighted by Gasteiger charge is -2.17. The van der Waals surface area contributed by atoms with E-state index in [1.54, 1.807) is 0 Å². The molecule has 0 aliphatic rings. The van der Waals surface area contributed by atoms with Crippen LogP contribution in [-0.4, -0.2) is 32.3 Å². The quantitative estimate of drug-likeness (QED) is 0.664. The largest absolute Gasteiger partial charge is 0.387 e. The van der Waals surface area contributed by atoms with Gasteiger partial charge in [-0.15, -0.1) is 10.2 Å². The molecule has 3 aromatic rings. The van der Waals surface area contributed by atoms with Crippen molar-refractivity contribution in [2.75, 3.05) is 6.54 Å². The van der Waals surface area contributed by atoms with E-state index in [9.17, 15) is 9.90 Å². The number of carbonyl (C=O) groups excluding carboxylic acids is 1. The monoisotopic (exact) mass is 339 g/mol. The van der Waals surface area contributed by atoms with E-state index in [0.29, 0.717) is 5.82 Å². The molecule has 2 heterocycles. The van der Waals surface area contributed by atoms with Gasteiger partial charge >= 0.3 is 6.03 Å². The predicted molar refractivity (Wildman–Crippen MR) is 94.1 cm³/mol. The zero-order valence-corrected chi connectivity index (χ0v) is 14.2. The second-order valence-electron chi connectivity index (χ2n) is 5.94. The number of nitrogens with zero attached hydrogens (tertiary/aromatic N) is 3. The van der Waals surface area contributed by atoms with Crippen molar-refractivity contribution in [3.63, 3.8) is 0 Å². The second-order valence-corrected chi connectivity index (χ2v) is 5.94. The number of aliphatic hydroxyl groups is 1. The summed E-state index contributed by atoms with van der Waals surface area (Å²) in [5, 5.41) is 23.9. The fourth-order valence-electron chi connectivity index (χ4n) is 2.73. The zero-order chi connectivity index (χ0) is 17.8. The highest BCUT2D eigenvalue weighted by Gasteiger charge is 2.17. The molecular weight excluding hydrogens is 318 g/mol. The van der Waals surface area contributed by atoms with Crippen LogP contribution in [0, 0.1) is 6.92 Å². The minimum atomic E-state index is -0.754. The van der Waals surface area contributed by atoms with Crippen molar-refractivity contribution in [1.82, 2.24) is 25.2 Å². The van der Waals surface area contributed by atoms with Crippen molar-refractivity contribution in [2.45, 2.75) is 26.0 Å². The van der Waals surface area contributed by atoms with E-state index < -0.39 is 6.10 Å². The minimum absolute atomic E-state index is 0.129. The van der Waals surface area contributed by atoms with Crippen LogP contribution in [0.25, 0.3) is 5.65 Å². The molecule has 0 fully saturated rings. The first-order valence-electron chi connectivity index (χ1n) is 8.14. The van der Waals surface area contributed by atoms with Gasteiger partial charge in [0.2, 0.25) is 0 Å². The van der Waals surface area contributed by atoms with Crippen LogP contribution in [0.5, 0.6) is 0 Å². The molecule has 130 valence electrons. The van der Waals surface area contributed by atoms with Gasteiger partial charge in [0.1, 0.15) is 0 Å². The molecule has 0 radical (unpaired) electrons. The Balaban J connectivity index is 1.58. The third-order valence-corrected chi connectivity index (χ3v) is 4.08. The van der Waals surface area contributed by atoms with Crippen molar-refractivity contribution in [1.29, 1.82) is 0 Å². The smallest absolute Gasteiger partial charge is 0.315 e. The molecular formula is C18H21N5O2. The summed E-state index contributed by atoms with van der Waals surface area (Å²) in [5.41, 5.74) is 2.52. The Morgan fingerprint density at radius 2 is 1.96 bits per heavy atom. The van der Waals surface area contributed by atoms with E-state index in [-0.39, 0.29) is 18.6 Å². The fraction of sp³-hybridized carbons (Fsp3) is 0.278. The van der Waals surface area contributed by atoms with Crippen LogP contribution in [-0.2, 0) is 0 Å². The Morgan fingerprint density at radius 3 is 2.76 bits per heavy atom. The molecule has 2 amide bonds. The Morgan fingerprint density at radius 1 is 1.20 bits per heavy atom. The second kappa shape index (κ2) is 7.31. The molecule has 7 nitrogen and oxygen atoms in total. The van der Waals surface area contributed by atoms with Crippen LogP contribution in [0.4, 0.5) is 4.79 Å². The summed E-state index contributed by atoms with van der Waals surface area (Å²) in [6.45, 7) is 3.89. The zero-order valence-electron chi connectivity index (χ0n) is 14.2. The van der Waals surface area contributed by atoms with E-state index in [0.717, 1.165) is 16.8 Å². The van der Waals surface area contributed by atoms with Crippen LogP contribution in [0.1, 0.15) is 36.0 Å². The van der Waals surface area contributed by atoms with Crippen LogP contribution < -0.4 is 10.6 Å². The predicted octanol–water partition coefficient (Wildman–Crippen LogP) is 2.13. The molecule has 7 heteroatoms. The highest BCUT2D eigenvalue weighted by atomic mass is 16.3. The molecule has 0 aliphatic heterocycles. The van der Waals surface area contributed by atoms with Gasteiger partial charge in [0, 0.05) is 12.7 Å². The first kappa shape index (κ1) is 16.9. The number of nitrogens with one attached hydrogen (secondary N) is 2.